The van der Waals surface area contributed by atoms with Crippen molar-refractivity contribution in [2.24, 2.45) is 5.92 Å². The van der Waals surface area contributed by atoms with E-state index in [1.165, 1.54) is 12.8 Å². The molecule has 92 valence electrons. The minimum absolute atomic E-state index is 0.558. The molecule has 1 heteroatoms. The van der Waals surface area contributed by atoms with Crippen LogP contribution in [0.15, 0.2) is 30.3 Å². The number of hydrogen-bond donors (Lipinski definition) is 1. The van der Waals surface area contributed by atoms with Crippen LogP contribution >= 0.6 is 0 Å². The zero-order chi connectivity index (χ0) is 12.5. The van der Waals surface area contributed by atoms with E-state index >= 15 is 0 Å². The van der Waals surface area contributed by atoms with Crippen molar-refractivity contribution in [1.82, 2.24) is 5.32 Å². The second-order valence-electron chi connectivity index (χ2n) is 4.92. The van der Waals surface area contributed by atoms with Gasteiger partial charge in [-0.25, -0.2) is 0 Å². The van der Waals surface area contributed by atoms with Crippen LogP contribution in [-0.4, -0.2) is 12.6 Å². The first-order valence-corrected chi connectivity index (χ1v) is 6.46. The number of rotatable bonds is 5. The molecule has 0 saturated heterocycles. The Kier molecular flexibility index (Phi) is 6.43. The Morgan fingerprint density at radius 2 is 1.76 bits per heavy atom. The van der Waals surface area contributed by atoms with Crippen LogP contribution < -0.4 is 5.32 Å². The summed E-state index contributed by atoms with van der Waals surface area (Å²) in [6, 6.07) is 10.7. The molecule has 0 aliphatic rings. The quantitative estimate of drug-likeness (QED) is 0.763. The fourth-order valence-corrected chi connectivity index (χ4v) is 1.58. The van der Waals surface area contributed by atoms with Crippen LogP contribution in [0.1, 0.15) is 39.2 Å². The van der Waals surface area contributed by atoms with Gasteiger partial charge in [-0.15, -0.1) is 0 Å². The Bertz CT molecular complexity index is 356. The van der Waals surface area contributed by atoms with Crippen molar-refractivity contribution in [3.05, 3.63) is 35.9 Å². The second-order valence-corrected chi connectivity index (χ2v) is 4.92. The fourth-order valence-electron chi connectivity index (χ4n) is 1.58. The first kappa shape index (κ1) is 13.8. The van der Waals surface area contributed by atoms with Crippen molar-refractivity contribution in [1.29, 1.82) is 0 Å². The van der Waals surface area contributed by atoms with Gasteiger partial charge in [0.1, 0.15) is 0 Å². The van der Waals surface area contributed by atoms with Crippen LogP contribution in [0.25, 0.3) is 0 Å². The van der Waals surface area contributed by atoms with E-state index in [-0.39, 0.29) is 0 Å². The molecule has 0 spiro atoms. The summed E-state index contributed by atoms with van der Waals surface area (Å²) in [5.74, 6) is 7.10. The highest BCUT2D eigenvalue weighted by Gasteiger charge is 2.01. The molecule has 1 rings (SSSR count). The largest absolute Gasteiger partial charge is 0.304 e. The molecule has 0 radical (unpaired) electrons. The lowest BCUT2D eigenvalue weighted by Gasteiger charge is -2.12. The molecule has 0 aliphatic carbocycles. The summed E-state index contributed by atoms with van der Waals surface area (Å²) in [6.07, 6.45) is 2.50. The topological polar surface area (TPSA) is 12.0 Å². The molecule has 0 heterocycles. The van der Waals surface area contributed by atoms with Gasteiger partial charge in [0.15, 0.2) is 0 Å². The molecule has 1 aromatic rings. The van der Waals surface area contributed by atoms with Gasteiger partial charge < -0.3 is 5.32 Å². The van der Waals surface area contributed by atoms with E-state index in [9.17, 15) is 0 Å². The monoisotopic (exact) mass is 229 g/mol. The van der Waals surface area contributed by atoms with E-state index in [2.05, 4.69) is 37.9 Å². The normalized spacial score (nSPS) is 12.0. The van der Waals surface area contributed by atoms with Gasteiger partial charge in [-0.05, 0) is 37.8 Å². The lowest BCUT2D eigenvalue weighted by molar-refractivity contribution is 0.467. The Morgan fingerprint density at radius 1 is 1.06 bits per heavy atom. The molecule has 1 nitrogen and oxygen atoms in total. The lowest BCUT2D eigenvalue weighted by atomic mass is 10.0. The first-order valence-electron chi connectivity index (χ1n) is 6.46. The van der Waals surface area contributed by atoms with E-state index in [1.54, 1.807) is 0 Å². The average Bonchev–Trinajstić information content (AvgIpc) is 2.33. The Hall–Kier alpha value is -1.26. The molecule has 17 heavy (non-hydrogen) atoms. The number of hydrogen-bond acceptors (Lipinski definition) is 1. The van der Waals surface area contributed by atoms with Crippen LogP contribution in [0.2, 0.25) is 0 Å². The molecule has 1 unspecified atom stereocenters. The van der Waals surface area contributed by atoms with Gasteiger partial charge in [-0.3, -0.25) is 0 Å². The highest BCUT2D eigenvalue weighted by Crippen LogP contribution is 2.05. The molecular formula is C16H23N. The third-order valence-corrected chi connectivity index (χ3v) is 2.72. The molecule has 0 amide bonds. The minimum Gasteiger partial charge on any atom is -0.304 e. The third kappa shape index (κ3) is 6.81. The van der Waals surface area contributed by atoms with Crippen LogP contribution in [0.3, 0.4) is 0 Å². The fraction of sp³-hybridized carbons (Fsp3) is 0.500. The molecular weight excluding hydrogens is 206 g/mol. The van der Waals surface area contributed by atoms with Gasteiger partial charge in [0.05, 0.1) is 6.54 Å². The summed E-state index contributed by atoms with van der Waals surface area (Å²) in [6.45, 7) is 7.53. The van der Waals surface area contributed by atoms with E-state index in [0.717, 1.165) is 18.0 Å². The predicted molar refractivity (Wildman–Crippen MR) is 74.9 cm³/mol. The molecule has 0 aromatic heterocycles. The minimum atomic E-state index is 0.558. The first-order chi connectivity index (χ1) is 8.18. The lowest BCUT2D eigenvalue weighted by Crippen LogP contribution is -2.26. The number of nitrogens with one attached hydrogen (secondary N) is 1. The highest BCUT2D eigenvalue weighted by molar-refractivity contribution is 5.33. The van der Waals surface area contributed by atoms with Crippen molar-refractivity contribution in [2.45, 2.75) is 39.7 Å². The van der Waals surface area contributed by atoms with Crippen molar-refractivity contribution >= 4 is 0 Å². The summed E-state index contributed by atoms with van der Waals surface area (Å²) in [5.41, 5.74) is 1.09. The van der Waals surface area contributed by atoms with Gasteiger partial charge in [-0.1, -0.05) is 43.9 Å². The van der Waals surface area contributed by atoms with Crippen molar-refractivity contribution < 1.29 is 0 Å². The van der Waals surface area contributed by atoms with Gasteiger partial charge >= 0.3 is 0 Å². The Labute approximate surface area is 106 Å². The van der Waals surface area contributed by atoms with Crippen LogP contribution in [0.5, 0.6) is 0 Å². The van der Waals surface area contributed by atoms with Crippen molar-refractivity contribution in [3.63, 3.8) is 0 Å². The molecule has 1 aromatic carbocycles. The Morgan fingerprint density at radius 3 is 2.41 bits per heavy atom. The summed E-state index contributed by atoms with van der Waals surface area (Å²) >= 11 is 0. The van der Waals surface area contributed by atoms with Gasteiger partial charge in [0.25, 0.3) is 0 Å². The summed E-state index contributed by atoms with van der Waals surface area (Å²) in [5, 5.41) is 3.43. The highest BCUT2D eigenvalue weighted by atomic mass is 14.9. The smallest absolute Gasteiger partial charge is 0.0582 e. The van der Waals surface area contributed by atoms with Crippen LogP contribution in [0, 0.1) is 17.8 Å². The molecule has 1 N–H and O–H groups in total. The maximum atomic E-state index is 3.43. The summed E-state index contributed by atoms with van der Waals surface area (Å²) < 4.78 is 0. The summed E-state index contributed by atoms with van der Waals surface area (Å²) in [4.78, 5) is 0. The average molecular weight is 229 g/mol. The predicted octanol–water partition coefficient (Wildman–Crippen LogP) is 3.45. The zero-order valence-electron chi connectivity index (χ0n) is 11.2. The second kappa shape index (κ2) is 7.92. The molecule has 0 fully saturated rings. The third-order valence-electron chi connectivity index (χ3n) is 2.72. The van der Waals surface area contributed by atoms with Crippen molar-refractivity contribution in [3.8, 4) is 11.8 Å². The van der Waals surface area contributed by atoms with E-state index in [1.807, 2.05) is 30.3 Å². The zero-order valence-corrected chi connectivity index (χ0v) is 11.2. The van der Waals surface area contributed by atoms with E-state index < -0.39 is 0 Å². The SMILES string of the molecule is CC(C)CCC(C)NCC#Cc1ccccc1. The molecule has 0 aliphatic heterocycles. The molecule has 0 saturated carbocycles. The molecule has 1 atom stereocenters. The van der Waals surface area contributed by atoms with Crippen molar-refractivity contribution in [2.75, 3.05) is 6.54 Å². The van der Waals surface area contributed by atoms with E-state index in [0.29, 0.717) is 6.04 Å². The van der Waals surface area contributed by atoms with Crippen LogP contribution in [0.4, 0.5) is 0 Å². The van der Waals surface area contributed by atoms with E-state index in [4.69, 9.17) is 0 Å². The number of benzene rings is 1. The van der Waals surface area contributed by atoms with Gasteiger partial charge in [0.2, 0.25) is 0 Å². The van der Waals surface area contributed by atoms with Gasteiger partial charge in [0, 0.05) is 11.6 Å². The Balaban J connectivity index is 2.22. The maximum Gasteiger partial charge on any atom is 0.0582 e. The van der Waals surface area contributed by atoms with Crippen LogP contribution in [-0.2, 0) is 0 Å². The standard InChI is InChI=1S/C16H23N/c1-14(2)11-12-15(3)17-13-7-10-16-8-5-4-6-9-16/h4-6,8-9,14-15,17H,11-13H2,1-3H3. The maximum absolute atomic E-state index is 3.43. The molecule has 0 bridgehead atoms. The summed E-state index contributed by atoms with van der Waals surface area (Å²) in [7, 11) is 0. The van der Waals surface area contributed by atoms with Gasteiger partial charge in [-0.2, -0.15) is 0 Å².